The van der Waals surface area contributed by atoms with Crippen LogP contribution in [0.1, 0.15) is 87.7 Å². The molecule has 7 aromatic carbocycles. The van der Waals surface area contributed by atoms with Gasteiger partial charge in [0.25, 0.3) is 5.97 Å². The van der Waals surface area contributed by atoms with Crippen LogP contribution in [0, 0.1) is 17.9 Å². The second kappa shape index (κ2) is 19.2. The zero-order valence-electron chi connectivity index (χ0n) is 40.8. The number of aromatic carboxylic acids is 1. The van der Waals surface area contributed by atoms with Gasteiger partial charge in [-0.25, -0.2) is 4.39 Å². The smallest absolute Gasteiger partial charge is 0.292 e. The van der Waals surface area contributed by atoms with E-state index in [4.69, 9.17) is 15.9 Å². The number of fused-ring (bicyclic) bond motifs is 6. The van der Waals surface area contributed by atoms with Gasteiger partial charge in [-0.2, -0.15) is 0 Å². The fourth-order valence-electron chi connectivity index (χ4n) is 9.05. The van der Waals surface area contributed by atoms with Gasteiger partial charge in [0.2, 0.25) is 0 Å². The predicted octanol–water partition coefficient (Wildman–Crippen LogP) is 15.5. The number of carboxylic acids is 1. The molecule has 3 heterocycles. The SMILES string of the molecule is CC(C)c1cc(-c2ccccc2)cc(C(C)C)c1-n1c(-c2[c-]ccc3c2oc2cc(F)ccc23)nc2ccc3ccccc3c21.[2H]C(C)(C)c1cc(-c2[c-]cc(C(=O)O)cc2)ncc1[Si](C)(C)C.[Ir]. The van der Waals surface area contributed by atoms with E-state index in [2.05, 4.69) is 148 Å². The molecular formula is C59H54FIrN3O3Si-2. The van der Waals surface area contributed by atoms with E-state index in [-0.39, 0.29) is 43.3 Å². The summed E-state index contributed by atoms with van der Waals surface area (Å²) >= 11 is 0. The van der Waals surface area contributed by atoms with Crippen molar-refractivity contribution in [2.24, 2.45) is 0 Å². The number of hydrogen-bond acceptors (Lipinski definition) is 4. The van der Waals surface area contributed by atoms with Crippen LogP contribution in [0.25, 0.3) is 83.2 Å². The first-order chi connectivity index (χ1) is 32.4. The molecular weight excluding hydrogens is 1040 g/mol. The zero-order chi connectivity index (χ0) is 48.2. The van der Waals surface area contributed by atoms with Crippen molar-refractivity contribution in [3.05, 3.63) is 180 Å². The maximum absolute atomic E-state index is 14.3. The molecule has 10 rings (SSSR count). The van der Waals surface area contributed by atoms with Crippen LogP contribution in [0.4, 0.5) is 4.39 Å². The Morgan fingerprint density at radius 3 is 2.12 bits per heavy atom. The summed E-state index contributed by atoms with van der Waals surface area (Å²) in [5.74, 6) is -0.794. The zero-order valence-corrected chi connectivity index (χ0v) is 43.1. The average molecular weight is 1090 g/mol. The van der Waals surface area contributed by atoms with Gasteiger partial charge in [-0.1, -0.05) is 144 Å². The maximum Gasteiger partial charge on any atom is 0.292 e. The number of pyridine rings is 1. The molecule has 0 saturated heterocycles. The molecule has 0 aliphatic heterocycles. The first-order valence-corrected chi connectivity index (χ1v) is 26.3. The minimum absolute atomic E-state index is 0. The average Bonchev–Trinajstić information content (AvgIpc) is 3.89. The van der Waals surface area contributed by atoms with Gasteiger partial charge in [0.15, 0.2) is 0 Å². The quantitative estimate of drug-likeness (QED) is 0.115. The molecule has 0 unspecified atom stereocenters. The van der Waals surface area contributed by atoms with E-state index < -0.39 is 19.9 Å². The molecule has 0 saturated carbocycles. The summed E-state index contributed by atoms with van der Waals surface area (Å²) in [5.41, 5.74) is 12.5. The molecule has 9 heteroatoms. The Kier molecular flexibility index (Phi) is 13.2. The number of carbonyl (C=O) groups is 1. The van der Waals surface area contributed by atoms with Crippen molar-refractivity contribution in [1.82, 2.24) is 14.5 Å². The van der Waals surface area contributed by atoms with Crippen LogP contribution in [-0.4, -0.2) is 33.7 Å². The number of rotatable bonds is 9. The Balaban J connectivity index is 0.000000227. The third-order valence-electron chi connectivity index (χ3n) is 12.5. The Labute approximate surface area is 413 Å². The molecule has 0 aliphatic carbocycles. The van der Waals surface area contributed by atoms with Gasteiger partial charge in [-0.15, -0.1) is 48.0 Å². The summed E-state index contributed by atoms with van der Waals surface area (Å²) < 4.78 is 31.5. The molecule has 0 fully saturated rings. The molecule has 0 bridgehead atoms. The molecule has 68 heavy (non-hydrogen) atoms. The Morgan fingerprint density at radius 2 is 1.47 bits per heavy atom. The van der Waals surface area contributed by atoms with E-state index in [1.807, 2.05) is 38.2 Å². The molecule has 10 aromatic rings. The fourth-order valence-corrected chi connectivity index (χ4v) is 10.6. The Hall–Kier alpha value is -6.51. The number of carboxylic acid groups (broad SMARTS) is 1. The molecule has 0 spiro atoms. The number of nitrogens with zero attached hydrogens (tertiary/aromatic N) is 3. The third-order valence-corrected chi connectivity index (χ3v) is 14.5. The maximum atomic E-state index is 14.3. The van der Waals surface area contributed by atoms with Crippen LogP contribution >= 0.6 is 0 Å². The summed E-state index contributed by atoms with van der Waals surface area (Å²) in [6.45, 7) is 19.5. The second-order valence-electron chi connectivity index (χ2n) is 19.1. The van der Waals surface area contributed by atoms with Crippen molar-refractivity contribution in [1.29, 1.82) is 0 Å². The van der Waals surface area contributed by atoms with Crippen LogP contribution in [0.3, 0.4) is 0 Å². The molecule has 345 valence electrons. The molecule has 3 aromatic heterocycles. The van der Waals surface area contributed by atoms with Crippen molar-refractivity contribution < 1.29 is 40.2 Å². The van der Waals surface area contributed by atoms with Gasteiger partial charge < -0.3 is 19.1 Å². The summed E-state index contributed by atoms with van der Waals surface area (Å²) in [7, 11) is -1.61. The Morgan fingerprint density at radius 1 is 0.765 bits per heavy atom. The number of aromatic nitrogens is 3. The van der Waals surface area contributed by atoms with Gasteiger partial charge in [0.1, 0.15) is 11.4 Å². The normalized spacial score (nSPS) is 12.1. The summed E-state index contributed by atoms with van der Waals surface area (Å²) in [4.78, 5) is 20.8. The van der Waals surface area contributed by atoms with E-state index in [1.165, 1.54) is 45.6 Å². The van der Waals surface area contributed by atoms with Crippen LogP contribution < -0.4 is 5.19 Å². The van der Waals surface area contributed by atoms with Crippen molar-refractivity contribution in [3.63, 3.8) is 0 Å². The number of hydrogen-bond donors (Lipinski definition) is 1. The van der Waals surface area contributed by atoms with Crippen LogP contribution in [0.15, 0.2) is 144 Å². The molecule has 1 radical (unpaired) electrons. The number of halogens is 1. The topological polar surface area (TPSA) is 81.2 Å². The molecule has 1 N–H and O–H groups in total. The molecule has 0 atom stereocenters. The van der Waals surface area contributed by atoms with Gasteiger partial charge in [-0.3, -0.25) is 9.78 Å². The van der Waals surface area contributed by atoms with E-state index in [1.54, 1.807) is 18.2 Å². The van der Waals surface area contributed by atoms with Crippen molar-refractivity contribution in [3.8, 4) is 39.5 Å². The predicted molar refractivity (Wildman–Crippen MR) is 276 cm³/mol. The van der Waals surface area contributed by atoms with Crippen molar-refractivity contribution in [2.75, 3.05) is 0 Å². The molecule has 6 nitrogen and oxygen atoms in total. The van der Waals surface area contributed by atoms with Gasteiger partial charge in [0.05, 0.1) is 30.5 Å². The summed E-state index contributed by atoms with van der Waals surface area (Å²) in [5, 5.41) is 14.2. The second-order valence-corrected chi connectivity index (χ2v) is 24.1. The molecule has 0 aliphatic rings. The Bertz CT molecular complexity index is 3500. The fraction of sp³-hybridized carbons (Fsp3) is 0.203. The molecule has 0 amide bonds. The van der Waals surface area contributed by atoms with E-state index in [9.17, 15) is 9.18 Å². The van der Waals surface area contributed by atoms with Crippen LogP contribution in [0.5, 0.6) is 0 Å². The third kappa shape index (κ3) is 9.11. The standard InChI is InChI=1S/C41H32FN2O.C18H22NO2Si.Ir/c1-24(2)34-21-28(26-11-6-5-7-12-26)22-35(25(3)4)38(34)44-39-30-14-9-8-13-27(30)17-20-36(39)43-41(44)33-16-10-15-32-31-19-18-29(42)23-37(31)45-40(32)33;1-12(2)15-10-16(19-11-17(15)22(3,4)5)13-6-8-14(9-7-13)18(20)21;/h5-15,17-25H,1-4H3;6,8-12H,1-5H3,(H,20,21);/q2*-1;/i;12D;. The monoisotopic (exact) mass is 1090 g/mol. The number of furan rings is 1. The van der Waals surface area contributed by atoms with Crippen molar-refractivity contribution >= 4 is 63.0 Å². The largest absolute Gasteiger partial charge is 0.500 e. The van der Waals surface area contributed by atoms with Crippen LogP contribution in [-0.2, 0) is 20.1 Å². The van der Waals surface area contributed by atoms with E-state index in [0.717, 1.165) is 66.5 Å². The first-order valence-electron chi connectivity index (χ1n) is 23.3. The minimum Gasteiger partial charge on any atom is -0.500 e. The van der Waals surface area contributed by atoms with Crippen molar-refractivity contribution in [2.45, 2.75) is 78.9 Å². The van der Waals surface area contributed by atoms with E-state index in [0.29, 0.717) is 11.2 Å². The van der Waals surface area contributed by atoms with Gasteiger partial charge in [-0.05, 0) is 92.1 Å². The summed E-state index contributed by atoms with van der Waals surface area (Å²) in [6, 6.07) is 49.8. The van der Waals surface area contributed by atoms with Gasteiger partial charge >= 0.3 is 0 Å². The summed E-state index contributed by atoms with van der Waals surface area (Å²) in [6.07, 6.45) is 1.88. The number of imidazole rings is 1. The van der Waals surface area contributed by atoms with E-state index >= 15 is 0 Å². The first kappa shape index (κ1) is 46.6. The number of benzene rings is 7. The van der Waals surface area contributed by atoms with Gasteiger partial charge in [0, 0.05) is 50.2 Å². The minimum atomic E-state index is -1.61. The van der Waals surface area contributed by atoms with Crippen LogP contribution in [0.2, 0.25) is 19.6 Å².